The third kappa shape index (κ3) is 2.31. The van der Waals surface area contributed by atoms with Crippen LogP contribution in [0.2, 0.25) is 0 Å². The normalized spacial score (nSPS) is 11.6. The van der Waals surface area contributed by atoms with Crippen molar-refractivity contribution in [2.75, 3.05) is 0 Å². The quantitative estimate of drug-likeness (QED) is 0.592. The maximum absolute atomic E-state index is 10.3. The van der Waals surface area contributed by atoms with Gasteiger partial charge in [-0.15, -0.1) is 0 Å². The fourth-order valence-corrected chi connectivity index (χ4v) is 1.17. The zero-order valence-corrected chi connectivity index (χ0v) is 6.53. The van der Waals surface area contributed by atoms with Gasteiger partial charge in [0.2, 0.25) is 8.00 Å². The van der Waals surface area contributed by atoms with E-state index in [2.05, 4.69) is 0 Å². The molecule has 0 saturated carbocycles. The molecule has 0 spiro atoms. The average Bonchev–Trinajstić information content (AvgIpc) is 1.93. The minimum atomic E-state index is -2.33. The number of rotatable bonds is 1. The zero-order chi connectivity index (χ0) is 8.27. The van der Waals surface area contributed by atoms with Crippen molar-refractivity contribution in [2.24, 2.45) is 0 Å². The van der Waals surface area contributed by atoms with Gasteiger partial charge in [-0.25, -0.2) is 0 Å². The first-order chi connectivity index (χ1) is 5.20. The smallest absolute Gasteiger partial charge is 0.218 e. The number of benzene rings is 1. The Kier molecular flexibility index (Phi) is 2.60. The molecule has 1 aromatic rings. The molecule has 0 aliphatic heterocycles. The molecule has 3 nitrogen and oxygen atoms in total. The maximum Gasteiger partial charge on any atom is 0.218 e. The largest absolute Gasteiger partial charge is 0.603 e. The van der Waals surface area contributed by atoms with E-state index in [0.717, 1.165) is 5.80 Å². The van der Waals surface area contributed by atoms with Crippen molar-refractivity contribution in [3.63, 3.8) is 0 Å². The fraction of sp³-hybridized carbons (Fsp3) is 0. The lowest BCUT2D eigenvalue weighted by atomic mass is 10.2. The zero-order valence-electron chi connectivity index (χ0n) is 5.64. The Labute approximate surface area is 65.1 Å². The number of phenols is 1. The lowest BCUT2D eigenvalue weighted by Crippen LogP contribution is -1.89. The summed E-state index contributed by atoms with van der Waals surface area (Å²) in [7, 11) is -2.33. The van der Waals surface area contributed by atoms with Gasteiger partial charge >= 0.3 is 0 Å². The fourth-order valence-electron chi connectivity index (χ4n) is 0.716. The molecule has 0 bridgehead atoms. The molecule has 0 amide bonds. The number of para-hydroxylation sites is 1. The van der Waals surface area contributed by atoms with Crippen LogP contribution in [-0.2, 0) is 0 Å². The average molecular weight is 170 g/mol. The summed E-state index contributed by atoms with van der Waals surface area (Å²) in [6.07, 6.45) is 0. The highest BCUT2D eigenvalue weighted by Gasteiger charge is 1.98. The van der Waals surface area contributed by atoms with Crippen molar-refractivity contribution in [3.8, 4) is 5.75 Å². The predicted molar refractivity (Wildman–Crippen MR) is 42.4 cm³/mol. The molecule has 0 aliphatic carbocycles. The van der Waals surface area contributed by atoms with E-state index < -0.39 is 8.00 Å². The lowest BCUT2D eigenvalue weighted by Gasteiger charge is -1.93. The molecular formula is C7H7O3P. The summed E-state index contributed by atoms with van der Waals surface area (Å²) in [6.45, 7) is 0. The molecular weight excluding hydrogens is 163 g/mol. The van der Waals surface area contributed by atoms with Crippen molar-refractivity contribution in [2.45, 2.75) is 0 Å². The minimum Gasteiger partial charge on any atom is -0.603 e. The molecule has 58 valence electrons. The van der Waals surface area contributed by atoms with Crippen molar-refractivity contribution in [1.29, 1.82) is 0 Å². The summed E-state index contributed by atoms with van der Waals surface area (Å²) in [6, 6.07) is 6.37. The van der Waals surface area contributed by atoms with Crippen molar-refractivity contribution in [1.82, 2.24) is 0 Å². The first-order valence-corrected chi connectivity index (χ1v) is 4.26. The molecule has 4 heteroatoms. The number of aromatic hydroxyl groups is 1. The van der Waals surface area contributed by atoms with Crippen LogP contribution >= 0.6 is 8.00 Å². The highest BCUT2D eigenvalue weighted by Crippen LogP contribution is 2.16. The summed E-state index contributed by atoms with van der Waals surface area (Å²) < 4.78 is 0. The van der Waals surface area contributed by atoms with Crippen LogP contribution in [0.5, 0.6) is 5.75 Å². The van der Waals surface area contributed by atoms with Gasteiger partial charge < -0.3 is 10.00 Å². The summed E-state index contributed by atoms with van der Waals surface area (Å²) in [5.74, 6) is 1.12. The Morgan fingerprint density at radius 1 is 1.36 bits per heavy atom. The van der Waals surface area contributed by atoms with Crippen LogP contribution in [0.25, 0.3) is 0 Å². The van der Waals surface area contributed by atoms with E-state index in [4.69, 9.17) is 10.00 Å². The Bertz CT molecular complexity index is 279. The van der Waals surface area contributed by atoms with Gasteiger partial charge in [0.25, 0.3) is 0 Å². The molecule has 0 aliphatic rings. The van der Waals surface area contributed by atoms with Gasteiger partial charge in [-0.05, 0) is 12.1 Å². The first kappa shape index (κ1) is 8.21. The van der Waals surface area contributed by atoms with E-state index in [1.165, 1.54) is 6.07 Å². The summed E-state index contributed by atoms with van der Waals surface area (Å²) in [5, 5.41) is 9.09. The molecule has 0 aromatic heterocycles. The summed E-state index contributed by atoms with van der Waals surface area (Å²) in [4.78, 5) is 18.8. The van der Waals surface area contributed by atoms with E-state index >= 15 is 0 Å². The molecule has 0 radical (unpaired) electrons. The molecule has 1 atom stereocenters. The van der Waals surface area contributed by atoms with Gasteiger partial charge in [-0.1, -0.05) is 12.1 Å². The van der Waals surface area contributed by atoms with Crippen molar-refractivity contribution < 1.29 is 14.9 Å². The first-order valence-electron chi connectivity index (χ1n) is 2.98. The molecule has 1 unspecified atom stereocenters. The van der Waals surface area contributed by atoms with Gasteiger partial charge in [-0.3, -0.25) is 0 Å². The van der Waals surface area contributed by atoms with Crippen LogP contribution in [0.4, 0.5) is 0 Å². The van der Waals surface area contributed by atoms with Crippen molar-refractivity contribution >= 4 is 13.8 Å². The van der Waals surface area contributed by atoms with Crippen LogP contribution in [-0.4, -0.2) is 15.8 Å². The van der Waals surface area contributed by atoms with Crippen LogP contribution in [0.15, 0.2) is 24.3 Å². The van der Waals surface area contributed by atoms with Crippen LogP contribution < -0.4 is 4.89 Å². The third-order valence-electron chi connectivity index (χ3n) is 1.19. The van der Waals surface area contributed by atoms with Gasteiger partial charge in [-0.2, -0.15) is 4.89 Å². The highest BCUT2D eigenvalue weighted by molar-refractivity contribution is 7.44. The monoisotopic (exact) mass is 170 g/mol. The van der Waals surface area contributed by atoms with Crippen LogP contribution in [0, 0.1) is 0 Å². The second-order valence-electron chi connectivity index (χ2n) is 1.99. The number of phenolic OH excluding ortho intramolecular Hbond substituents is 1. The molecule has 2 N–H and O–H groups in total. The second kappa shape index (κ2) is 3.49. The van der Waals surface area contributed by atoms with E-state index in [9.17, 15) is 4.89 Å². The van der Waals surface area contributed by atoms with Crippen LogP contribution in [0.1, 0.15) is 5.56 Å². The molecule has 1 aromatic carbocycles. The molecule has 0 heterocycles. The Balaban J connectivity index is 3.04. The topological polar surface area (TPSA) is 63.5 Å². The summed E-state index contributed by atoms with van der Waals surface area (Å²) in [5.41, 5.74) is 0.385. The van der Waals surface area contributed by atoms with E-state index in [0.29, 0.717) is 5.56 Å². The minimum absolute atomic E-state index is 0.0184. The Morgan fingerprint density at radius 2 is 2.00 bits per heavy atom. The van der Waals surface area contributed by atoms with E-state index in [-0.39, 0.29) is 5.75 Å². The van der Waals surface area contributed by atoms with Crippen LogP contribution in [0.3, 0.4) is 0 Å². The van der Waals surface area contributed by atoms with Gasteiger partial charge in [0, 0.05) is 0 Å². The van der Waals surface area contributed by atoms with E-state index in [1.807, 2.05) is 0 Å². The van der Waals surface area contributed by atoms with Gasteiger partial charge in [0.15, 0.2) is 0 Å². The maximum atomic E-state index is 10.3. The summed E-state index contributed by atoms with van der Waals surface area (Å²) >= 11 is 0. The van der Waals surface area contributed by atoms with E-state index in [1.54, 1.807) is 18.2 Å². The second-order valence-corrected chi connectivity index (χ2v) is 2.85. The predicted octanol–water partition coefficient (Wildman–Crippen LogP) is 0.207. The highest BCUT2D eigenvalue weighted by atomic mass is 31.1. The molecule has 1 rings (SSSR count). The van der Waals surface area contributed by atoms with Crippen molar-refractivity contribution in [3.05, 3.63) is 29.8 Å². The lowest BCUT2D eigenvalue weighted by molar-refractivity contribution is -0.167. The van der Waals surface area contributed by atoms with Gasteiger partial charge in [0.1, 0.15) is 11.5 Å². The number of hydrogen-bond acceptors (Lipinski definition) is 3. The SMILES string of the molecule is [O-][P+](O)=Cc1ccccc1O. The molecule has 0 fully saturated rings. The Morgan fingerprint density at radius 3 is 2.55 bits per heavy atom. The molecule has 0 saturated heterocycles. The Hall–Kier alpha value is -0.890. The molecule has 11 heavy (non-hydrogen) atoms. The van der Waals surface area contributed by atoms with Gasteiger partial charge in [0.05, 0.1) is 5.56 Å². The number of hydrogen-bond donors (Lipinski definition) is 2. The third-order valence-corrected chi connectivity index (χ3v) is 1.69. The standard InChI is InChI=1S/C7H7O3P/c8-7-4-2-1-3-6(7)5-11(9)10/h1-5,8H,(H,9,10).